The summed E-state index contributed by atoms with van der Waals surface area (Å²) in [5.41, 5.74) is 2.27. The van der Waals surface area contributed by atoms with Gasteiger partial charge in [0.2, 0.25) is 0 Å². The van der Waals surface area contributed by atoms with E-state index in [1.165, 1.54) is 15.4 Å². The summed E-state index contributed by atoms with van der Waals surface area (Å²) < 4.78 is 0. The van der Waals surface area contributed by atoms with Crippen LogP contribution in [0.3, 0.4) is 0 Å². The summed E-state index contributed by atoms with van der Waals surface area (Å²) in [6.07, 6.45) is 0.410. The standard InChI is InChI=1S/C16H18OS/c1-3-16(17)13-6-10-15(11-7-13)18-14-8-4-12(2)5-9-14/h4-11,16-17H,3H2,1-2H3/t16-/m1/s1. The van der Waals surface area contributed by atoms with Gasteiger partial charge in [-0.25, -0.2) is 0 Å². The fraction of sp³-hybridized carbons (Fsp3) is 0.250. The van der Waals surface area contributed by atoms with Crippen molar-refractivity contribution in [1.29, 1.82) is 0 Å². The molecule has 0 aromatic heterocycles. The summed E-state index contributed by atoms with van der Waals surface area (Å²) in [4.78, 5) is 2.44. The lowest BCUT2D eigenvalue weighted by Gasteiger charge is -2.08. The van der Waals surface area contributed by atoms with Gasteiger partial charge in [0, 0.05) is 9.79 Å². The van der Waals surface area contributed by atoms with Crippen molar-refractivity contribution in [2.24, 2.45) is 0 Å². The highest BCUT2D eigenvalue weighted by molar-refractivity contribution is 7.99. The number of hydrogen-bond donors (Lipinski definition) is 1. The molecule has 2 aromatic rings. The quantitative estimate of drug-likeness (QED) is 0.865. The van der Waals surface area contributed by atoms with Crippen LogP contribution in [0.2, 0.25) is 0 Å². The Hall–Kier alpha value is -1.25. The third-order valence-corrected chi connectivity index (χ3v) is 3.92. The maximum Gasteiger partial charge on any atom is 0.0787 e. The molecule has 0 spiro atoms. The first-order chi connectivity index (χ1) is 8.69. The fourth-order valence-electron chi connectivity index (χ4n) is 1.74. The van der Waals surface area contributed by atoms with Gasteiger partial charge >= 0.3 is 0 Å². The van der Waals surface area contributed by atoms with Crippen LogP contribution < -0.4 is 0 Å². The number of aliphatic hydroxyl groups is 1. The second-order valence-electron chi connectivity index (χ2n) is 4.41. The monoisotopic (exact) mass is 258 g/mol. The average Bonchev–Trinajstić information content (AvgIpc) is 2.41. The molecule has 1 N–H and O–H groups in total. The lowest BCUT2D eigenvalue weighted by atomic mass is 10.1. The molecule has 1 nitrogen and oxygen atoms in total. The van der Waals surface area contributed by atoms with Crippen LogP contribution in [0.5, 0.6) is 0 Å². The van der Waals surface area contributed by atoms with Crippen LogP contribution in [0.15, 0.2) is 58.3 Å². The molecular weight excluding hydrogens is 240 g/mol. The normalized spacial score (nSPS) is 12.4. The van der Waals surface area contributed by atoms with Gasteiger partial charge in [-0.2, -0.15) is 0 Å². The van der Waals surface area contributed by atoms with E-state index < -0.39 is 0 Å². The third-order valence-electron chi connectivity index (χ3n) is 2.91. The number of benzene rings is 2. The molecule has 0 heterocycles. The van der Waals surface area contributed by atoms with Crippen LogP contribution >= 0.6 is 11.8 Å². The highest BCUT2D eigenvalue weighted by Crippen LogP contribution is 2.29. The summed E-state index contributed by atoms with van der Waals surface area (Å²) >= 11 is 1.74. The predicted molar refractivity (Wildman–Crippen MR) is 77.0 cm³/mol. The van der Waals surface area contributed by atoms with Gasteiger partial charge in [-0.05, 0) is 43.2 Å². The number of rotatable bonds is 4. The van der Waals surface area contributed by atoms with Crippen LogP contribution in [0.1, 0.15) is 30.6 Å². The zero-order chi connectivity index (χ0) is 13.0. The summed E-state index contributed by atoms with van der Waals surface area (Å²) in [6, 6.07) is 16.7. The maximum atomic E-state index is 9.73. The lowest BCUT2D eigenvalue weighted by molar-refractivity contribution is 0.173. The van der Waals surface area contributed by atoms with E-state index >= 15 is 0 Å². The van der Waals surface area contributed by atoms with Gasteiger partial charge in [0.05, 0.1) is 6.10 Å². The van der Waals surface area contributed by atoms with E-state index in [-0.39, 0.29) is 6.10 Å². The topological polar surface area (TPSA) is 20.2 Å². The number of aryl methyl sites for hydroxylation is 1. The largest absolute Gasteiger partial charge is 0.388 e. The molecule has 94 valence electrons. The molecule has 0 aliphatic heterocycles. The second-order valence-corrected chi connectivity index (χ2v) is 5.56. The molecule has 0 radical (unpaired) electrons. The van der Waals surface area contributed by atoms with Gasteiger partial charge in [-0.1, -0.05) is 48.5 Å². The molecule has 2 aromatic carbocycles. The molecule has 0 saturated heterocycles. The van der Waals surface area contributed by atoms with Crippen molar-refractivity contribution in [3.8, 4) is 0 Å². The van der Waals surface area contributed by atoms with Crippen molar-refractivity contribution < 1.29 is 5.11 Å². The minimum Gasteiger partial charge on any atom is -0.388 e. The molecule has 0 fully saturated rings. The number of hydrogen-bond acceptors (Lipinski definition) is 2. The van der Waals surface area contributed by atoms with Crippen molar-refractivity contribution in [2.45, 2.75) is 36.2 Å². The van der Waals surface area contributed by atoms with Crippen LogP contribution in [-0.2, 0) is 0 Å². The minimum atomic E-state index is -0.344. The highest BCUT2D eigenvalue weighted by Gasteiger charge is 2.04. The van der Waals surface area contributed by atoms with Gasteiger partial charge in [0.25, 0.3) is 0 Å². The van der Waals surface area contributed by atoms with Crippen LogP contribution in [0.4, 0.5) is 0 Å². The molecule has 2 heteroatoms. The Bertz CT molecular complexity index is 488. The Balaban J connectivity index is 2.08. The van der Waals surface area contributed by atoms with E-state index in [2.05, 4.69) is 43.3 Å². The van der Waals surface area contributed by atoms with E-state index in [9.17, 15) is 5.11 Å². The van der Waals surface area contributed by atoms with E-state index in [0.717, 1.165) is 12.0 Å². The minimum absolute atomic E-state index is 0.344. The summed E-state index contributed by atoms with van der Waals surface area (Å²) in [5.74, 6) is 0. The Morgan fingerprint density at radius 3 is 1.94 bits per heavy atom. The first kappa shape index (κ1) is 13.2. The Kier molecular flexibility index (Phi) is 4.45. The molecule has 1 atom stereocenters. The molecule has 0 bridgehead atoms. The van der Waals surface area contributed by atoms with Crippen molar-refractivity contribution in [3.05, 3.63) is 59.7 Å². The van der Waals surface area contributed by atoms with Gasteiger partial charge in [-0.3, -0.25) is 0 Å². The SMILES string of the molecule is CC[C@@H](O)c1ccc(Sc2ccc(C)cc2)cc1. The predicted octanol–water partition coefficient (Wildman–Crippen LogP) is 4.59. The van der Waals surface area contributed by atoms with Gasteiger partial charge in [0.15, 0.2) is 0 Å². The van der Waals surface area contributed by atoms with Crippen LogP contribution in [-0.4, -0.2) is 5.11 Å². The molecule has 0 aliphatic carbocycles. The van der Waals surface area contributed by atoms with Crippen molar-refractivity contribution >= 4 is 11.8 Å². The van der Waals surface area contributed by atoms with Crippen LogP contribution in [0.25, 0.3) is 0 Å². The Morgan fingerprint density at radius 1 is 0.944 bits per heavy atom. The summed E-state index contributed by atoms with van der Waals surface area (Å²) in [6.45, 7) is 4.08. The first-order valence-electron chi connectivity index (χ1n) is 6.21. The zero-order valence-corrected chi connectivity index (χ0v) is 11.6. The lowest BCUT2D eigenvalue weighted by Crippen LogP contribution is -1.93. The van der Waals surface area contributed by atoms with Gasteiger partial charge in [0.1, 0.15) is 0 Å². The highest BCUT2D eigenvalue weighted by atomic mass is 32.2. The molecule has 0 saturated carbocycles. The zero-order valence-electron chi connectivity index (χ0n) is 10.8. The molecule has 0 amide bonds. The second kappa shape index (κ2) is 6.07. The third kappa shape index (κ3) is 3.37. The van der Waals surface area contributed by atoms with Crippen molar-refractivity contribution in [1.82, 2.24) is 0 Å². The van der Waals surface area contributed by atoms with E-state index in [4.69, 9.17) is 0 Å². The Morgan fingerprint density at radius 2 is 1.44 bits per heavy atom. The molecule has 18 heavy (non-hydrogen) atoms. The van der Waals surface area contributed by atoms with Crippen molar-refractivity contribution in [3.63, 3.8) is 0 Å². The van der Waals surface area contributed by atoms with Crippen molar-refractivity contribution in [2.75, 3.05) is 0 Å². The maximum absolute atomic E-state index is 9.73. The molecule has 0 aliphatic rings. The molecule has 0 unspecified atom stereocenters. The van der Waals surface area contributed by atoms with Crippen LogP contribution in [0, 0.1) is 6.92 Å². The summed E-state index contributed by atoms with van der Waals surface area (Å²) in [5, 5.41) is 9.73. The fourth-order valence-corrected chi connectivity index (χ4v) is 2.55. The summed E-state index contributed by atoms with van der Waals surface area (Å²) in [7, 11) is 0. The van der Waals surface area contributed by atoms with Gasteiger partial charge < -0.3 is 5.11 Å². The molecule has 2 rings (SSSR count). The van der Waals surface area contributed by atoms with E-state index in [1.54, 1.807) is 11.8 Å². The smallest absolute Gasteiger partial charge is 0.0787 e. The number of aliphatic hydroxyl groups excluding tert-OH is 1. The average molecular weight is 258 g/mol. The Labute approximate surface area is 113 Å². The van der Waals surface area contributed by atoms with Gasteiger partial charge in [-0.15, -0.1) is 0 Å². The van der Waals surface area contributed by atoms with E-state index in [0.29, 0.717) is 0 Å². The van der Waals surface area contributed by atoms with E-state index in [1.807, 2.05) is 19.1 Å². The first-order valence-corrected chi connectivity index (χ1v) is 7.03. The molecular formula is C16H18OS.